The molecule has 1 aliphatic rings. The summed E-state index contributed by atoms with van der Waals surface area (Å²) in [4.78, 5) is 20.1. The highest BCUT2D eigenvalue weighted by Gasteiger charge is 2.23. The van der Waals surface area contributed by atoms with Crippen molar-refractivity contribution in [2.45, 2.75) is 45.4 Å². The highest BCUT2D eigenvalue weighted by Crippen LogP contribution is 2.34. The van der Waals surface area contributed by atoms with Crippen LogP contribution in [-0.4, -0.2) is 26.0 Å². The summed E-state index contributed by atoms with van der Waals surface area (Å²) in [6.07, 6.45) is 7.30. The van der Waals surface area contributed by atoms with Crippen molar-refractivity contribution < 1.29 is 4.79 Å². The number of nitrogens with zero attached hydrogens (tertiary/aromatic N) is 4. The van der Waals surface area contributed by atoms with E-state index in [1.807, 2.05) is 19.9 Å². The monoisotopic (exact) mass is 270 g/mol. The van der Waals surface area contributed by atoms with Gasteiger partial charge in [0.25, 0.3) is 5.95 Å². The van der Waals surface area contributed by atoms with Gasteiger partial charge in [-0.2, -0.15) is 5.10 Å². The minimum atomic E-state index is 0.405. The molecular formula is C15H18N4O. The average Bonchev–Trinajstić information content (AvgIpc) is 3.06. The molecule has 104 valence electrons. The Hall–Kier alpha value is -2.04. The van der Waals surface area contributed by atoms with Gasteiger partial charge in [0.15, 0.2) is 6.29 Å². The predicted octanol–water partition coefficient (Wildman–Crippen LogP) is 2.75. The van der Waals surface area contributed by atoms with Crippen LogP contribution in [0.25, 0.3) is 5.95 Å². The number of carbonyl (C=O) groups is 1. The van der Waals surface area contributed by atoms with E-state index in [0.29, 0.717) is 17.4 Å². The summed E-state index contributed by atoms with van der Waals surface area (Å²) in [5, 5.41) is 4.58. The molecule has 0 spiro atoms. The van der Waals surface area contributed by atoms with E-state index in [0.717, 1.165) is 36.2 Å². The highest BCUT2D eigenvalue weighted by molar-refractivity contribution is 5.76. The Bertz CT molecular complexity index is 621. The first kappa shape index (κ1) is 13.0. The number of carbonyl (C=O) groups excluding carboxylic acids is 1. The quantitative estimate of drug-likeness (QED) is 0.805. The maximum absolute atomic E-state index is 11.3. The Morgan fingerprint density at radius 1 is 1.20 bits per heavy atom. The number of hydrogen-bond acceptors (Lipinski definition) is 4. The number of rotatable bonds is 3. The zero-order valence-corrected chi connectivity index (χ0v) is 11.8. The van der Waals surface area contributed by atoms with Gasteiger partial charge in [-0.05, 0) is 32.8 Å². The number of aromatic nitrogens is 4. The van der Waals surface area contributed by atoms with Crippen LogP contribution in [0.1, 0.15) is 59.0 Å². The second-order valence-electron chi connectivity index (χ2n) is 5.46. The smallest absolute Gasteiger partial charge is 0.250 e. The van der Waals surface area contributed by atoms with Crippen LogP contribution in [0.3, 0.4) is 0 Å². The van der Waals surface area contributed by atoms with E-state index < -0.39 is 0 Å². The Kier molecular flexibility index (Phi) is 3.34. The average molecular weight is 270 g/mol. The molecule has 0 amide bonds. The Morgan fingerprint density at radius 2 is 1.85 bits per heavy atom. The number of hydrogen-bond donors (Lipinski definition) is 0. The summed E-state index contributed by atoms with van der Waals surface area (Å²) in [5.74, 6) is 0.942. The summed E-state index contributed by atoms with van der Waals surface area (Å²) >= 11 is 0. The summed E-state index contributed by atoms with van der Waals surface area (Å²) in [5.41, 5.74) is 3.37. The number of aldehydes is 1. The fourth-order valence-electron chi connectivity index (χ4n) is 2.92. The third-order valence-electron chi connectivity index (χ3n) is 3.82. The van der Waals surface area contributed by atoms with Crippen LogP contribution in [-0.2, 0) is 0 Å². The van der Waals surface area contributed by atoms with Crippen LogP contribution in [0.15, 0.2) is 12.3 Å². The summed E-state index contributed by atoms with van der Waals surface area (Å²) < 4.78 is 1.64. The third-order valence-corrected chi connectivity index (χ3v) is 3.82. The molecule has 5 nitrogen and oxygen atoms in total. The molecular weight excluding hydrogens is 252 g/mol. The normalized spacial score (nSPS) is 15.7. The van der Waals surface area contributed by atoms with Gasteiger partial charge in [0, 0.05) is 23.5 Å². The molecule has 1 aliphatic carbocycles. The SMILES string of the molecule is Cc1cc(C)nc(-n2cc(C=O)c(C3CCCC3)n2)n1. The van der Waals surface area contributed by atoms with Crippen molar-refractivity contribution in [3.05, 3.63) is 34.9 Å². The van der Waals surface area contributed by atoms with E-state index in [-0.39, 0.29) is 0 Å². The van der Waals surface area contributed by atoms with Crippen molar-refractivity contribution >= 4 is 6.29 Å². The lowest BCUT2D eigenvalue weighted by molar-refractivity contribution is 0.112. The van der Waals surface area contributed by atoms with Crippen LogP contribution in [0.5, 0.6) is 0 Å². The first-order valence-corrected chi connectivity index (χ1v) is 7.05. The molecule has 0 unspecified atom stereocenters. The second-order valence-corrected chi connectivity index (χ2v) is 5.46. The largest absolute Gasteiger partial charge is 0.298 e. The van der Waals surface area contributed by atoms with E-state index >= 15 is 0 Å². The molecule has 0 bridgehead atoms. The predicted molar refractivity (Wildman–Crippen MR) is 75.2 cm³/mol. The molecule has 1 saturated carbocycles. The van der Waals surface area contributed by atoms with Crippen molar-refractivity contribution in [2.75, 3.05) is 0 Å². The van der Waals surface area contributed by atoms with Crippen LogP contribution < -0.4 is 0 Å². The van der Waals surface area contributed by atoms with Gasteiger partial charge in [-0.1, -0.05) is 12.8 Å². The molecule has 0 aliphatic heterocycles. The standard InChI is InChI=1S/C15H18N4O/c1-10-7-11(2)17-15(16-10)19-8-13(9-20)14(18-19)12-5-3-4-6-12/h7-9,12H,3-6H2,1-2H3. The molecule has 5 heteroatoms. The molecule has 3 rings (SSSR count). The van der Waals surface area contributed by atoms with Crippen molar-refractivity contribution in [1.82, 2.24) is 19.7 Å². The van der Waals surface area contributed by atoms with Crippen molar-refractivity contribution in [3.63, 3.8) is 0 Å². The van der Waals surface area contributed by atoms with Crippen molar-refractivity contribution in [3.8, 4) is 5.95 Å². The molecule has 2 aromatic heterocycles. The zero-order valence-electron chi connectivity index (χ0n) is 11.8. The summed E-state index contributed by atoms with van der Waals surface area (Å²) in [6.45, 7) is 3.86. The lowest BCUT2D eigenvalue weighted by Gasteiger charge is -2.05. The molecule has 2 heterocycles. The minimum absolute atomic E-state index is 0.405. The lowest BCUT2D eigenvalue weighted by Crippen LogP contribution is -2.05. The Balaban J connectivity index is 2.03. The van der Waals surface area contributed by atoms with Crippen LogP contribution >= 0.6 is 0 Å². The molecule has 0 atom stereocenters. The van der Waals surface area contributed by atoms with Gasteiger partial charge in [0.05, 0.1) is 11.3 Å². The highest BCUT2D eigenvalue weighted by atomic mass is 16.1. The molecule has 1 fully saturated rings. The maximum Gasteiger partial charge on any atom is 0.250 e. The van der Waals surface area contributed by atoms with Gasteiger partial charge >= 0.3 is 0 Å². The second kappa shape index (κ2) is 5.15. The summed E-state index contributed by atoms with van der Waals surface area (Å²) in [6, 6.07) is 1.92. The van der Waals surface area contributed by atoms with Crippen molar-refractivity contribution in [1.29, 1.82) is 0 Å². The molecule has 0 saturated heterocycles. The van der Waals surface area contributed by atoms with Gasteiger partial charge in [0.1, 0.15) is 0 Å². The molecule has 2 aromatic rings. The van der Waals surface area contributed by atoms with Crippen LogP contribution in [0.4, 0.5) is 0 Å². The minimum Gasteiger partial charge on any atom is -0.298 e. The Morgan fingerprint density at radius 3 is 2.45 bits per heavy atom. The molecule has 0 radical (unpaired) electrons. The van der Waals surface area contributed by atoms with Gasteiger partial charge in [-0.3, -0.25) is 4.79 Å². The topological polar surface area (TPSA) is 60.7 Å². The van der Waals surface area contributed by atoms with Gasteiger partial charge < -0.3 is 0 Å². The first-order chi connectivity index (χ1) is 9.67. The van der Waals surface area contributed by atoms with E-state index in [1.54, 1.807) is 10.9 Å². The van der Waals surface area contributed by atoms with E-state index in [9.17, 15) is 4.79 Å². The van der Waals surface area contributed by atoms with Gasteiger partial charge in [-0.15, -0.1) is 0 Å². The molecule has 0 aromatic carbocycles. The summed E-state index contributed by atoms with van der Waals surface area (Å²) in [7, 11) is 0. The van der Waals surface area contributed by atoms with E-state index in [4.69, 9.17) is 0 Å². The fraction of sp³-hybridized carbons (Fsp3) is 0.467. The Labute approximate surface area is 118 Å². The zero-order chi connectivity index (χ0) is 14.1. The van der Waals surface area contributed by atoms with E-state index in [1.165, 1.54) is 12.8 Å². The van der Waals surface area contributed by atoms with Gasteiger partial charge in [-0.25, -0.2) is 14.6 Å². The van der Waals surface area contributed by atoms with E-state index in [2.05, 4.69) is 15.1 Å². The van der Waals surface area contributed by atoms with Crippen molar-refractivity contribution in [2.24, 2.45) is 0 Å². The molecule has 0 N–H and O–H groups in total. The van der Waals surface area contributed by atoms with Crippen LogP contribution in [0, 0.1) is 13.8 Å². The molecule has 20 heavy (non-hydrogen) atoms. The first-order valence-electron chi connectivity index (χ1n) is 7.05. The van der Waals surface area contributed by atoms with Gasteiger partial charge in [0.2, 0.25) is 0 Å². The third kappa shape index (κ3) is 2.35. The fourth-order valence-corrected chi connectivity index (χ4v) is 2.92. The lowest BCUT2D eigenvalue weighted by atomic mass is 10.0. The number of aryl methyl sites for hydroxylation is 2. The van der Waals surface area contributed by atoms with Crippen LogP contribution in [0.2, 0.25) is 0 Å². The maximum atomic E-state index is 11.3.